The van der Waals surface area contributed by atoms with Crippen LogP contribution >= 0.6 is 11.6 Å². The molecule has 6 heteroatoms. The number of pyridine rings is 1. The molecule has 0 aromatic carbocycles. The van der Waals surface area contributed by atoms with Gasteiger partial charge in [-0.1, -0.05) is 63.3 Å². The van der Waals surface area contributed by atoms with Gasteiger partial charge in [-0.25, -0.2) is 4.98 Å². The Hall–Kier alpha value is -1.82. The van der Waals surface area contributed by atoms with Crippen LogP contribution in [0.3, 0.4) is 0 Å². The Morgan fingerprint density at radius 3 is 2.71 bits per heavy atom. The quantitative estimate of drug-likeness (QED) is 0.251. The summed E-state index contributed by atoms with van der Waals surface area (Å²) in [6.07, 6.45) is 13.1. The number of nitrogens with zero attached hydrogens (tertiary/aromatic N) is 2. The normalized spacial score (nSPS) is 20.3. The van der Waals surface area contributed by atoms with Crippen LogP contribution in [0.2, 0.25) is 24.3 Å². The van der Waals surface area contributed by atoms with Crippen molar-refractivity contribution in [2.75, 3.05) is 18.7 Å². The molecule has 3 heterocycles. The fraction of sp³-hybridized carbons (Fsp3) is 0.480. The Morgan fingerprint density at radius 2 is 2.06 bits per heavy atom. The second-order valence-electron chi connectivity index (χ2n) is 8.66. The number of halogens is 1. The lowest BCUT2D eigenvalue weighted by molar-refractivity contribution is 0.0796. The highest BCUT2D eigenvalue weighted by Gasteiger charge is 2.28. The fourth-order valence-corrected chi connectivity index (χ4v) is 4.75. The molecule has 31 heavy (non-hydrogen) atoms. The van der Waals surface area contributed by atoms with Crippen LogP contribution in [0.15, 0.2) is 42.9 Å². The van der Waals surface area contributed by atoms with Crippen LogP contribution in [-0.4, -0.2) is 38.1 Å². The van der Waals surface area contributed by atoms with Crippen LogP contribution in [0.1, 0.15) is 44.7 Å². The number of hydrogen-bond donors (Lipinski definition) is 1. The summed E-state index contributed by atoms with van der Waals surface area (Å²) in [5.41, 5.74) is 6.30. The molecule has 0 saturated heterocycles. The number of ether oxygens (including phenoxy) is 1. The van der Waals surface area contributed by atoms with Crippen LogP contribution in [-0.2, 0) is 4.74 Å². The number of rotatable bonds is 9. The Balaban J connectivity index is 2.00. The zero-order chi connectivity index (χ0) is 22.5. The minimum atomic E-state index is -0.275. The van der Waals surface area contributed by atoms with Gasteiger partial charge in [0.2, 0.25) is 0 Å². The molecule has 0 amide bonds. The first kappa shape index (κ1) is 23.8. The molecule has 0 aliphatic carbocycles. The van der Waals surface area contributed by atoms with Gasteiger partial charge in [-0.05, 0) is 37.3 Å². The van der Waals surface area contributed by atoms with Gasteiger partial charge in [0.05, 0.1) is 5.69 Å². The SMILES string of the molecule is C=C(C)c1c(Cl)ncc2c1NC(CC)C=C2C1=CC(CC)C=CN1COCC[Si](C)C. The maximum atomic E-state index is 6.48. The van der Waals surface area contributed by atoms with Gasteiger partial charge in [-0.2, -0.15) is 0 Å². The predicted molar refractivity (Wildman–Crippen MR) is 136 cm³/mol. The summed E-state index contributed by atoms with van der Waals surface area (Å²) in [5.74, 6) is 0.410. The first-order valence-corrected chi connectivity index (χ1v) is 14.3. The van der Waals surface area contributed by atoms with Gasteiger partial charge in [0.1, 0.15) is 11.9 Å². The number of nitrogens with one attached hydrogen (secondary N) is 1. The van der Waals surface area contributed by atoms with Crippen molar-refractivity contribution in [2.24, 2.45) is 5.92 Å². The largest absolute Gasteiger partial charge is 0.378 e. The predicted octanol–water partition coefficient (Wildman–Crippen LogP) is 6.82. The molecule has 2 atom stereocenters. The van der Waals surface area contributed by atoms with E-state index >= 15 is 0 Å². The molecule has 0 fully saturated rings. The molecule has 1 radical (unpaired) electrons. The van der Waals surface area contributed by atoms with Gasteiger partial charge < -0.3 is 15.0 Å². The average Bonchev–Trinajstić information content (AvgIpc) is 2.75. The van der Waals surface area contributed by atoms with Crippen LogP contribution in [0.5, 0.6) is 0 Å². The maximum absolute atomic E-state index is 6.48. The van der Waals surface area contributed by atoms with Crippen molar-refractivity contribution in [3.8, 4) is 0 Å². The summed E-state index contributed by atoms with van der Waals surface area (Å²) in [6, 6.07) is 1.38. The van der Waals surface area contributed by atoms with E-state index in [9.17, 15) is 0 Å². The van der Waals surface area contributed by atoms with Gasteiger partial charge in [0.15, 0.2) is 0 Å². The van der Waals surface area contributed by atoms with E-state index in [1.165, 1.54) is 11.3 Å². The second kappa shape index (κ2) is 10.7. The highest BCUT2D eigenvalue weighted by molar-refractivity contribution is 6.55. The Kier molecular flexibility index (Phi) is 8.20. The van der Waals surface area contributed by atoms with Gasteiger partial charge in [-0.3, -0.25) is 0 Å². The van der Waals surface area contributed by atoms with E-state index in [0.29, 0.717) is 17.8 Å². The van der Waals surface area contributed by atoms with Gasteiger partial charge in [0, 0.05) is 56.2 Å². The Morgan fingerprint density at radius 1 is 1.29 bits per heavy atom. The van der Waals surface area contributed by atoms with Crippen molar-refractivity contribution in [1.29, 1.82) is 0 Å². The van der Waals surface area contributed by atoms with Crippen LogP contribution in [0.25, 0.3) is 11.1 Å². The summed E-state index contributed by atoms with van der Waals surface area (Å²) in [4.78, 5) is 6.73. The van der Waals surface area contributed by atoms with Crippen molar-refractivity contribution in [3.05, 3.63) is 59.2 Å². The highest BCUT2D eigenvalue weighted by atomic mass is 35.5. The molecule has 167 valence electrons. The third-order valence-electron chi connectivity index (χ3n) is 5.81. The molecular formula is C25H35ClN3OSi. The topological polar surface area (TPSA) is 37.4 Å². The van der Waals surface area contributed by atoms with Crippen molar-refractivity contribution in [2.45, 2.75) is 58.8 Å². The lowest BCUT2D eigenvalue weighted by Gasteiger charge is -2.34. The number of hydrogen-bond acceptors (Lipinski definition) is 4. The van der Waals surface area contributed by atoms with E-state index in [4.69, 9.17) is 16.3 Å². The van der Waals surface area contributed by atoms with E-state index in [1.807, 2.05) is 13.1 Å². The molecule has 4 nitrogen and oxygen atoms in total. The summed E-state index contributed by atoms with van der Waals surface area (Å²) >= 11 is 6.48. The molecule has 1 aromatic heterocycles. The van der Waals surface area contributed by atoms with Crippen LogP contribution in [0, 0.1) is 5.92 Å². The molecular weight excluding hydrogens is 422 g/mol. The minimum Gasteiger partial charge on any atom is -0.378 e. The third kappa shape index (κ3) is 5.51. The molecule has 2 unspecified atom stereocenters. The average molecular weight is 457 g/mol. The third-order valence-corrected chi connectivity index (χ3v) is 7.30. The van der Waals surface area contributed by atoms with Crippen molar-refractivity contribution < 1.29 is 4.74 Å². The first-order valence-electron chi connectivity index (χ1n) is 11.2. The number of aromatic nitrogens is 1. The van der Waals surface area contributed by atoms with Gasteiger partial charge in [-0.15, -0.1) is 0 Å². The molecule has 3 rings (SSSR count). The zero-order valence-electron chi connectivity index (χ0n) is 19.5. The lowest BCUT2D eigenvalue weighted by atomic mass is 9.89. The summed E-state index contributed by atoms with van der Waals surface area (Å²) in [5, 5.41) is 4.15. The molecule has 2 aliphatic rings. The molecule has 2 aliphatic heterocycles. The first-order chi connectivity index (χ1) is 14.8. The number of fused-ring (bicyclic) bond motifs is 1. The van der Waals surface area contributed by atoms with Crippen LogP contribution < -0.4 is 5.32 Å². The molecule has 0 spiro atoms. The Labute approximate surface area is 194 Å². The zero-order valence-corrected chi connectivity index (χ0v) is 21.2. The second-order valence-corrected chi connectivity index (χ2v) is 11.9. The molecule has 1 N–H and O–H groups in total. The van der Waals surface area contributed by atoms with E-state index in [-0.39, 0.29) is 14.8 Å². The smallest absolute Gasteiger partial charge is 0.138 e. The summed E-state index contributed by atoms with van der Waals surface area (Å²) in [6.45, 7) is 16.6. The Bertz CT molecular complexity index is 906. The van der Waals surface area contributed by atoms with Crippen molar-refractivity contribution in [3.63, 3.8) is 0 Å². The highest BCUT2D eigenvalue weighted by Crippen LogP contribution is 2.42. The van der Waals surface area contributed by atoms with Crippen LogP contribution in [0.4, 0.5) is 5.69 Å². The fourth-order valence-electron chi connectivity index (χ4n) is 3.89. The van der Waals surface area contributed by atoms with E-state index in [2.05, 4.69) is 73.1 Å². The number of allylic oxidation sites excluding steroid dienone is 4. The minimum absolute atomic E-state index is 0.221. The summed E-state index contributed by atoms with van der Waals surface area (Å²) < 4.78 is 6.06. The van der Waals surface area contributed by atoms with Gasteiger partial charge in [0.25, 0.3) is 0 Å². The van der Waals surface area contributed by atoms with Crippen molar-refractivity contribution in [1.82, 2.24) is 9.88 Å². The van der Waals surface area contributed by atoms with E-state index < -0.39 is 0 Å². The summed E-state index contributed by atoms with van der Waals surface area (Å²) in [7, 11) is -0.275. The van der Waals surface area contributed by atoms with Crippen molar-refractivity contribution >= 4 is 37.2 Å². The lowest BCUT2D eigenvalue weighted by Crippen LogP contribution is -2.29. The molecule has 0 bridgehead atoms. The monoisotopic (exact) mass is 456 g/mol. The van der Waals surface area contributed by atoms with E-state index in [1.54, 1.807) is 0 Å². The molecule has 0 saturated carbocycles. The number of anilines is 1. The van der Waals surface area contributed by atoms with E-state index in [0.717, 1.165) is 47.9 Å². The maximum Gasteiger partial charge on any atom is 0.138 e. The standard InChI is InChI=1S/C25H35ClN3OSi/c1-7-18-9-10-29(16-30-11-12-31(5)6)22(13-18)20-14-19(8-2)28-24-21(20)15-27-25(26)23(24)17(3)4/h9-10,13-15,18-19,28H,3,7-8,11-12,16H2,1-2,4-6H3. The van der Waals surface area contributed by atoms with Gasteiger partial charge >= 0.3 is 0 Å². The molecule has 1 aromatic rings.